The first-order chi connectivity index (χ1) is 15.9. The lowest BCUT2D eigenvalue weighted by atomic mass is 9.56. The van der Waals surface area contributed by atoms with Gasteiger partial charge in [-0.3, -0.25) is 4.21 Å². The molecular weight excluding hydrogens is 456 g/mol. The SMILES string of the molecule is O=[S@]1c2c(nc(N3CC4(CC(c5ccc(Cl)cc5)C4)C3)nc2NC2(CO)CCC2)CC12CC2. The fraction of sp³-hybridized carbons (Fsp3) is 0.600. The van der Waals surface area contributed by atoms with E-state index >= 15 is 0 Å². The zero-order valence-electron chi connectivity index (χ0n) is 18.6. The number of aliphatic hydroxyl groups excluding tert-OH is 1. The molecule has 2 spiro atoms. The molecule has 0 bridgehead atoms. The number of halogens is 1. The van der Waals surface area contributed by atoms with Gasteiger partial charge < -0.3 is 15.3 Å². The van der Waals surface area contributed by atoms with E-state index in [2.05, 4.69) is 22.3 Å². The number of fused-ring (bicyclic) bond motifs is 1. The summed E-state index contributed by atoms with van der Waals surface area (Å²) in [7, 11) is -1.06. The predicted molar refractivity (Wildman–Crippen MR) is 129 cm³/mol. The Kier molecular flexibility index (Phi) is 4.33. The van der Waals surface area contributed by atoms with E-state index in [1.807, 2.05) is 12.1 Å². The molecule has 2 N–H and O–H groups in total. The van der Waals surface area contributed by atoms with E-state index < -0.39 is 10.8 Å². The van der Waals surface area contributed by atoms with Crippen LogP contribution in [0.2, 0.25) is 5.02 Å². The summed E-state index contributed by atoms with van der Waals surface area (Å²) in [5.41, 5.74) is 2.38. The average Bonchev–Trinajstić information content (AvgIpc) is 3.44. The zero-order chi connectivity index (χ0) is 22.4. The summed E-state index contributed by atoms with van der Waals surface area (Å²) >= 11 is 6.05. The maximum absolute atomic E-state index is 13.3. The highest BCUT2D eigenvalue weighted by atomic mass is 35.5. The zero-order valence-corrected chi connectivity index (χ0v) is 20.2. The fourth-order valence-corrected chi connectivity index (χ4v) is 8.31. The third kappa shape index (κ3) is 3.11. The topological polar surface area (TPSA) is 78.4 Å². The molecule has 5 aliphatic rings. The lowest BCUT2D eigenvalue weighted by Gasteiger charge is -2.59. The van der Waals surface area contributed by atoms with Gasteiger partial charge in [0.05, 0.1) is 33.4 Å². The minimum atomic E-state index is -1.06. The van der Waals surface area contributed by atoms with Crippen molar-refractivity contribution in [1.82, 2.24) is 9.97 Å². The number of hydrogen-bond donors (Lipinski definition) is 2. The molecule has 33 heavy (non-hydrogen) atoms. The van der Waals surface area contributed by atoms with Crippen LogP contribution in [0.1, 0.15) is 62.1 Å². The summed E-state index contributed by atoms with van der Waals surface area (Å²) in [5, 5.41) is 14.3. The van der Waals surface area contributed by atoms with Gasteiger partial charge in [0.1, 0.15) is 10.7 Å². The standard InChI is InChI=1S/C25H29ClN4O2S/c26-18-4-2-16(3-5-18)17-10-23(11-17)13-30(14-23)22-27-19-12-25(8-9-25)33(32)20(19)21(28-22)29-24(15-31)6-1-7-24/h2-5,17,31H,1,6-15H2,(H,27,28,29)/t33-/m0/s1. The Balaban J connectivity index is 1.12. The van der Waals surface area contributed by atoms with E-state index in [9.17, 15) is 9.32 Å². The largest absolute Gasteiger partial charge is 0.394 e. The van der Waals surface area contributed by atoms with Crippen LogP contribution in [0.3, 0.4) is 0 Å². The molecule has 0 amide bonds. The van der Waals surface area contributed by atoms with Crippen LogP contribution in [0.5, 0.6) is 0 Å². The molecule has 1 aromatic heterocycles. The smallest absolute Gasteiger partial charge is 0.227 e. The molecule has 7 rings (SSSR count). The van der Waals surface area contributed by atoms with Gasteiger partial charge in [0.2, 0.25) is 5.95 Å². The van der Waals surface area contributed by atoms with E-state index in [1.165, 1.54) is 18.4 Å². The van der Waals surface area contributed by atoms with Crippen molar-refractivity contribution in [3.05, 3.63) is 40.5 Å². The Morgan fingerprint density at radius 3 is 2.45 bits per heavy atom. The van der Waals surface area contributed by atoms with Crippen molar-refractivity contribution < 1.29 is 9.32 Å². The monoisotopic (exact) mass is 484 g/mol. The van der Waals surface area contributed by atoms with Crippen molar-refractivity contribution in [3.8, 4) is 0 Å². The van der Waals surface area contributed by atoms with Crippen LogP contribution in [0.4, 0.5) is 11.8 Å². The summed E-state index contributed by atoms with van der Waals surface area (Å²) in [6.07, 6.45) is 8.16. The summed E-state index contributed by atoms with van der Waals surface area (Å²) in [5.74, 6) is 2.08. The minimum Gasteiger partial charge on any atom is -0.394 e. The lowest BCUT2D eigenvalue weighted by molar-refractivity contribution is 0.0620. The Morgan fingerprint density at radius 1 is 1.12 bits per heavy atom. The molecule has 3 heterocycles. The van der Waals surface area contributed by atoms with Crippen molar-refractivity contribution in [1.29, 1.82) is 0 Å². The number of aromatic nitrogens is 2. The molecule has 1 aromatic carbocycles. The van der Waals surface area contributed by atoms with Crippen molar-refractivity contribution in [2.75, 3.05) is 29.9 Å². The predicted octanol–water partition coefficient (Wildman–Crippen LogP) is 4.04. The average molecular weight is 485 g/mol. The number of aliphatic hydroxyl groups is 1. The second-order valence-corrected chi connectivity index (χ2v) is 13.5. The van der Waals surface area contributed by atoms with Crippen LogP contribution in [0, 0.1) is 5.41 Å². The first-order valence-electron chi connectivity index (χ1n) is 12.1. The molecule has 8 heteroatoms. The highest BCUT2D eigenvalue weighted by Crippen LogP contribution is 2.58. The van der Waals surface area contributed by atoms with Gasteiger partial charge in [0, 0.05) is 29.9 Å². The van der Waals surface area contributed by atoms with E-state index in [-0.39, 0.29) is 16.9 Å². The maximum atomic E-state index is 13.3. The Hall–Kier alpha value is -1.70. The Morgan fingerprint density at radius 2 is 1.85 bits per heavy atom. The number of rotatable bonds is 5. The lowest BCUT2D eigenvalue weighted by Crippen LogP contribution is -2.62. The third-order valence-electron chi connectivity index (χ3n) is 8.83. The van der Waals surface area contributed by atoms with Crippen LogP contribution >= 0.6 is 11.6 Å². The van der Waals surface area contributed by atoms with E-state index in [4.69, 9.17) is 21.6 Å². The van der Waals surface area contributed by atoms with Gasteiger partial charge in [-0.05, 0) is 68.6 Å². The molecule has 3 saturated carbocycles. The normalized spacial score (nSPS) is 27.6. The van der Waals surface area contributed by atoms with Crippen molar-refractivity contribution in [2.45, 2.75) is 72.5 Å². The number of benzene rings is 1. The summed E-state index contributed by atoms with van der Waals surface area (Å²) in [6, 6.07) is 8.28. The molecule has 2 aromatic rings. The van der Waals surface area contributed by atoms with Crippen molar-refractivity contribution >= 4 is 34.2 Å². The van der Waals surface area contributed by atoms with Crippen LogP contribution in [-0.2, 0) is 17.2 Å². The summed E-state index contributed by atoms with van der Waals surface area (Å²) < 4.78 is 13.2. The highest BCUT2D eigenvalue weighted by Gasteiger charge is 2.57. The van der Waals surface area contributed by atoms with E-state index in [0.29, 0.717) is 17.2 Å². The van der Waals surface area contributed by atoms with Gasteiger partial charge >= 0.3 is 0 Å². The van der Waals surface area contributed by atoms with Gasteiger partial charge in [-0.1, -0.05) is 23.7 Å². The molecule has 2 aliphatic heterocycles. The number of nitrogens with one attached hydrogen (secondary N) is 1. The molecule has 6 nitrogen and oxygen atoms in total. The number of anilines is 2. The number of nitrogens with zero attached hydrogens (tertiary/aromatic N) is 3. The van der Waals surface area contributed by atoms with Gasteiger partial charge in [0.15, 0.2) is 0 Å². The van der Waals surface area contributed by atoms with E-state index in [1.54, 1.807) is 0 Å². The Bertz CT molecular complexity index is 1140. The Labute approximate surface area is 201 Å². The van der Waals surface area contributed by atoms with Gasteiger partial charge in [-0.15, -0.1) is 0 Å². The molecule has 1 saturated heterocycles. The second-order valence-electron chi connectivity index (χ2n) is 11.2. The molecule has 0 unspecified atom stereocenters. The number of hydrogen-bond acceptors (Lipinski definition) is 6. The summed E-state index contributed by atoms with van der Waals surface area (Å²) in [6.45, 7) is 2.04. The van der Waals surface area contributed by atoms with Crippen LogP contribution in [-0.4, -0.2) is 49.3 Å². The molecule has 1 atom stereocenters. The van der Waals surface area contributed by atoms with Gasteiger partial charge in [-0.25, -0.2) is 4.98 Å². The fourth-order valence-electron chi connectivity index (χ4n) is 6.41. The van der Waals surface area contributed by atoms with Crippen LogP contribution in [0.25, 0.3) is 0 Å². The highest BCUT2D eigenvalue weighted by molar-refractivity contribution is 7.87. The quantitative estimate of drug-likeness (QED) is 0.667. The third-order valence-corrected chi connectivity index (χ3v) is 11.2. The van der Waals surface area contributed by atoms with Crippen molar-refractivity contribution in [2.24, 2.45) is 5.41 Å². The minimum absolute atomic E-state index is 0.0811. The molecule has 4 fully saturated rings. The molecular formula is C25H29ClN4O2S. The first kappa shape index (κ1) is 20.7. The van der Waals surface area contributed by atoms with Crippen LogP contribution < -0.4 is 10.2 Å². The van der Waals surface area contributed by atoms with E-state index in [0.717, 1.165) is 73.2 Å². The summed E-state index contributed by atoms with van der Waals surface area (Å²) in [4.78, 5) is 12.9. The second kappa shape index (κ2) is 6.92. The van der Waals surface area contributed by atoms with Crippen LogP contribution in [0.15, 0.2) is 29.2 Å². The van der Waals surface area contributed by atoms with Crippen molar-refractivity contribution in [3.63, 3.8) is 0 Å². The molecule has 174 valence electrons. The molecule has 3 aliphatic carbocycles. The first-order valence-corrected chi connectivity index (χ1v) is 13.7. The molecule has 0 radical (unpaired) electrons. The maximum Gasteiger partial charge on any atom is 0.227 e. The van der Waals surface area contributed by atoms with Gasteiger partial charge in [0.25, 0.3) is 0 Å². The van der Waals surface area contributed by atoms with Gasteiger partial charge in [-0.2, -0.15) is 4.98 Å².